The van der Waals surface area contributed by atoms with Crippen LogP contribution in [0, 0.1) is 5.82 Å². The molecule has 3 nitrogen and oxygen atoms in total. The molecule has 0 aliphatic carbocycles. The first kappa shape index (κ1) is 13.7. The summed E-state index contributed by atoms with van der Waals surface area (Å²) in [6.07, 6.45) is 0. The van der Waals surface area contributed by atoms with Crippen LogP contribution in [-0.2, 0) is 5.41 Å². The highest BCUT2D eigenvalue weighted by molar-refractivity contribution is 6.29. The average molecular weight is 281 g/mol. The molecule has 0 radical (unpaired) electrons. The molecular weight excluding hydrogens is 267 g/mol. The van der Waals surface area contributed by atoms with Crippen LogP contribution in [0.5, 0.6) is 5.75 Å². The second-order valence-corrected chi connectivity index (χ2v) is 5.73. The van der Waals surface area contributed by atoms with Crippen LogP contribution in [0.3, 0.4) is 0 Å². The van der Waals surface area contributed by atoms with Gasteiger partial charge in [-0.2, -0.15) is 0 Å². The Hall–Kier alpha value is -1.68. The van der Waals surface area contributed by atoms with Crippen molar-refractivity contribution in [2.75, 3.05) is 0 Å². The summed E-state index contributed by atoms with van der Waals surface area (Å²) in [6, 6.07) is 5.38. The molecule has 5 heteroatoms. The maximum absolute atomic E-state index is 13.3. The van der Waals surface area contributed by atoms with Gasteiger partial charge in [0.1, 0.15) is 16.7 Å². The lowest BCUT2D eigenvalue weighted by atomic mass is 9.92. The lowest BCUT2D eigenvalue weighted by Crippen LogP contribution is -2.14. The predicted octanol–water partition coefficient (Wildman–Crippen LogP) is 3.94. The highest BCUT2D eigenvalue weighted by Crippen LogP contribution is 2.27. The number of halogens is 2. The largest absolute Gasteiger partial charge is 0.508 e. The fourth-order valence-electron chi connectivity index (χ4n) is 1.63. The van der Waals surface area contributed by atoms with Crippen molar-refractivity contribution in [1.82, 2.24) is 9.97 Å². The van der Waals surface area contributed by atoms with E-state index in [1.54, 1.807) is 6.07 Å². The first-order valence-electron chi connectivity index (χ1n) is 5.81. The number of benzene rings is 1. The molecule has 0 fully saturated rings. The van der Waals surface area contributed by atoms with Crippen molar-refractivity contribution in [2.45, 2.75) is 26.2 Å². The SMILES string of the molecule is CC(C)(C)c1cc(Cl)nc(-c2cc(O)cc(F)c2)n1. The average Bonchev–Trinajstić information content (AvgIpc) is 2.25. The normalized spacial score (nSPS) is 11.6. The highest BCUT2D eigenvalue weighted by Gasteiger charge is 2.18. The van der Waals surface area contributed by atoms with Gasteiger partial charge >= 0.3 is 0 Å². The highest BCUT2D eigenvalue weighted by atomic mass is 35.5. The van der Waals surface area contributed by atoms with E-state index in [0.717, 1.165) is 11.8 Å². The lowest BCUT2D eigenvalue weighted by molar-refractivity contribution is 0.469. The lowest BCUT2D eigenvalue weighted by Gasteiger charge is -2.18. The zero-order valence-corrected chi connectivity index (χ0v) is 11.7. The van der Waals surface area contributed by atoms with E-state index >= 15 is 0 Å². The minimum Gasteiger partial charge on any atom is -0.508 e. The molecule has 0 bridgehead atoms. The fourth-order valence-corrected chi connectivity index (χ4v) is 1.82. The Morgan fingerprint density at radius 3 is 2.37 bits per heavy atom. The summed E-state index contributed by atoms with van der Waals surface area (Å²) in [5.74, 6) is -0.418. The van der Waals surface area contributed by atoms with Crippen LogP contribution < -0.4 is 0 Å². The van der Waals surface area contributed by atoms with Crippen LogP contribution in [0.4, 0.5) is 4.39 Å². The quantitative estimate of drug-likeness (QED) is 0.805. The van der Waals surface area contributed by atoms with Crippen molar-refractivity contribution in [3.05, 3.63) is 40.9 Å². The molecule has 100 valence electrons. The summed E-state index contributed by atoms with van der Waals surface area (Å²) >= 11 is 5.98. The van der Waals surface area contributed by atoms with E-state index in [4.69, 9.17) is 11.6 Å². The van der Waals surface area contributed by atoms with E-state index in [0.29, 0.717) is 16.5 Å². The molecule has 0 spiro atoms. The number of aromatic hydroxyl groups is 1. The van der Waals surface area contributed by atoms with Crippen LogP contribution in [-0.4, -0.2) is 15.1 Å². The molecule has 0 saturated carbocycles. The Labute approximate surface area is 116 Å². The topological polar surface area (TPSA) is 46.0 Å². The van der Waals surface area contributed by atoms with Gasteiger partial charge in [-0.15, -0.1) is 0 Å². The van der Waals surface area contributed by atoms with Crippen molar-refractivity contribution in [3.63, 3.8) is 0 Å². The molecule has 2 aromatic rings. The third-order valence-electron chi connectivity index (χ3n) is 2.60. The molecule has 0 aliphatic heterocycles. The van der Waals surface area contributed by atoms with Crippen molar-refractivity contribution in [2.24, 2.45) is 0 Å². The number of hydrogen-bond donors (Lipinski definition) is 1. The Morgan fingerprint density at radius 2 is 1.79 bits per heavy atom. The van der Waals surface area contributed by atoms with Gasteiger partial charge < -0.3 is 5.11 Å². The monoisotopic (exact) mass is 280 g/mol. The first-order chi connectivity index (χ1) is 8.75. The Balaban J connectivity index is 2.59. The molecule has 0 amide bonds. The molecule has 1 N–H and O–H groups in total. The molecule has 0 aliphatic rings. The number of phenolic OH excluding ortho intramolecular Hbond substituents is 1. The van der Waals surface area contributed by atoms with Gasteiger partial charge in [-0.25, -0.2) is 14.4 Å². The van der Waals surface area contributed by atoms with Crippen LogP contribution in [0.1, 0.15) is 26.5 Å². The molecule has 1 heterocycles. The second kappa shape index (κ2) is 4.78. The van der Waals surface area contributed by atoms with E-state index in [-0.39, 0.29) is 11.2 Å². The van der Waals surface area contributed by atoms with Crippen LogP contribution >= 0.6 is 11.6 Å². The van der Waals surface area contributed by atoms with E-state index < -0.39 is 5.82 Å². The summed E-state index contributed by atoms with van der Waals surface area (Å²) in [4.78, 5) is 8.46. The summed E-state index contributed by atoms with van der Waals surface area (Å²) in [6.45, 7) is 6.00. The summed E-state index contributed by atoms with van der Waals surface area (Å²) in [5.41, 5.74) is 0.952. The predicted molar refractivity (Wildman–Crippen MR) is 72.8 cm³/mol. The first-order valence-corrected chi connectivity index (χ1v) is 6.18. The van der Waals surface area contributed by atoms with Crippen molar-refractivity contribution in [3.8, 4) is 17.1 Å². The van der Waals surface area contributed by atoms with E-state index in [9.17, 15) is 9.50 Å². The number of rotatable bonds is 1. The number of phenols is 1. The van der Waals surface area contributed by atoms with Gasteiger partial charge in [-0.3, -0.25) is 0 Å². The van der Waals surface area contributed by atoms with Gasteiger partial charge in [0.15, 0.2) is 5.82 Å². The molecular formula is C14H14ClFN2O. The van der Waals surface area contributed by atoms with Crippen LogP contribution in [0.15, 0.2) is 24.3 Å². The summed E-state index contributed by atoms with van der Waals surface area (Å²) in [5, 5.41) is 9.72. The Morgan fingerprint density at radius 1 is 1.11 bits per heavy atom. The maximum Gasteiger partial charge on any atom is 0.161 e. The molecule has 1 aromatic carbocycles. The third-order valence-corrected chi connectivity index (χ3v) is 2.80. The molecule has 0 unspecified atom stereocenters. The Kier molecular flexibility index (Phi) is 3.45. The molecule has 0 saturated heterocycles. The number of nitrogens with zero attached hydrogens (tertiary/aromatic N) is 2. The van der Waals surface area contributed by atoms with Crippen molar-refractivity contribution in [1.29, 1.82) is 0 Å². The Bertz CT molecular complexity index is 603. The standard InChI is InChI=1S/C14H14ClFN2O/c1-14(2,3)11-7-12(15)18-13(17-11)8-4-9(16)6-10(19)5-8/h4-7,19H,1-3H3. The van der Waals surface area contributed by atoms with Gasteiger partial charge in [-0.1, -0.05) is 32.4 Å². The summed E-state index contributed by atoms with van der Waals surface area (Å²) < 4.78 is 13.3. The van der Waals surface area contributed by atoms with Gasteiger partial charge in [0.05, 0.1) is 5.69 Å². The maximum atomic E-state index is 13.3. The number of hydrogen-bond acceptors (Lipinski definition) is 3. The van der Waals surface area contributed by atoms with E-state index in [2.05, 4.69) is 9.97 Å². The van der Waals surface area contributed by atoms with Crippen molar-refractivity contribution < 1.29 is 9.50 Å². The van der Waals surface area contributed by atoms with Gasteiger partial charge in [0.2, 0.25) is 0 Å². The minimum atomic E-state index is -0.545. The molecule has 1 aromatic heterocycles. The third kappa shape index (κ3) is 3.20. The molecule has 0 atom stereocenters. The van der Waals surface area contributed by atoms with Crippen LogP contribution in [0.25, 0.3) is 11.4 Å². The van der Waals surface area contributed by atoms with Gasteiger partial charge in [0.25, 0.3) is 0 Å². The zero-order chi connectivity index (χ0) is 14.2. The second-order valence-electron chi connectivity index (χ2n) is 5.35. The molecule has 19 heavy (non-hydrogen) atoms. The van der Waals surface area contributed by atoms with Gasteiger partial charge in [-0.05, 0) is 18.2 Å². The van der Waals surface area contributed by atoms with E-state index in [1.807, 2.05) is 20.8 Å². The van der Waals surface area contributed by atoms with Gasteiger partial charge in [0, 0.05) is 17.0 Å². The smallest absolute Gasteiger partial charge is 0.161 e. The molecule has 2 rings (SSSR count). The fraction of sp³-hybridized carbons (Fsp3) is 0.286. The van der Waals surface area contributed by atoms with E-state index in [1.165, 1.54) is 12.1 Å². The van der Waals surface area contributed by atoms with Crippen LogP contribution in [0.2, 0.25) is 5.15 Å². The minimum absolute atomic E-state index is 0.170. The summed E-state index contributed by atoms with van der Waals surface area (Å²) in [7, 11) is 0. The van der Waals surface area contributed by atoms with Crippen molar-refractivity contribution >= 4 is 11.6 Å². The zero-order valence-electron chi connectivity index (χ0n) is 10.9. The number of aromatic nitrogens is 2.